The summed E-state index contributed by atoms with van der Waals surface area (Å²) in [5.41, 5.74) is 5.33. The smallest absolute Gasteiger partial charge is 0.181 e. The molecular formula is C7H3BrF2N2S. The Hall–Kier alpha value is -0.750. The van der Waals surface area contributed by atoms with Crippen LogP contribution in [0.25, 0.3) is 10.2 Å². The van der Waals surface area contributed by atoms with Crippen LogP contribution in [0, 0.1) is 11.6 Å². The van der Waals surface area contributed by atoms with Crippen molar-refractivity contribution in [3.05, 3.63) is 22.2 Å². The highest BCUT2D eigenvalue weighted by Crippen LogP contribution is 2.32. The summed E-state index contributed by atoms with van der Waals surface area (Å²) in [6.07, 6.45) is 0. The molecule has 6 heteroatoms. The van der Waals surface area contributed by atoms with Gasteiger partial charge in [-0.15, -0.1) is 0 Å². The summed E-state index contributed by atoms with van der Waals surface area (Å²) in [4.78, 5) is 3.68. The van der Waals surface area contributed by atoms with Crippen LogP contribution in [0.3, 0.4) is 0 Å². The van der Waals surface area contributed by atoms with E-state index in [0.717, 1.165) is 17.4 Å². The Morgan fingerprint density at radius 3 is 2.85 bits per heavy atom. The number of benzene rings is 1. The molecule has 0 spiro atoms. The van der Waals surface area contributed by atoms with Gasteiger partial charge in [-0.25, -0.2) is 13.8 Å². The number of halogens is 3. The first-order chi connectivity index (χ1) is 6.09. The van der Waals surface area contributed by atoms with Crippen molar-refractivity contribution in [2.45, 2.75) is 0 Å². The normalized spacial score (nSPS) is 11.0. The summed E-state index contributed by atoms with van der Waals surface area (Å²) in [5.74, 6) is -1.10. The summed E-state index contributed by atoms with van der Waals surface area (Å²) in [5, 5.41) is 0.158. The van der Waals surface area contributed by atoms with Crippen molar-refractivity contribution in [3.8, 4) is 0 Å². The van der Waals surface area contributed by atoms with Crippen LogP contribution in [-0.4, -0.2) is 4.98 Å². The number of thiazole rings is 1. The van der Waals surface area contributed by atoms with Gasteiger partial charge in [0.2, 0.25) is 0 Å². The fraction of sp³-hybridized carbons (Fsp3) is 0. The van der Waals surface area contributed by atoms with Gasteiger partial charge in [0.1, 0.15) is 5.52 Å². The average Bonchev–Trinajstić information content (AvgIpc) is 2.44. The zero-order valence-electron chi connectivity index (χ0n) is 6.14. The highest BCUT2D eigenvalue weighted by Gasteiger charge is 2.14. The molecule has 0 aliphatic carbocycles. The SMILES string of the molecule is Nc1nc2c(F)cc(Br)c(F)c2s1. The summed E-state index contributed by atoms with van der Waals surface area (Å²) in [6, 6.07) is 1.04. The molecule has 0 aliphatic rings. The first-order valence-corrected chi connectivity index (χ1v) is 4.90. The van der Waals surface area contributed by atoms with Gasteiger partial charge < -0.3 is 5.73 Å². The first kappa shape index (κ1) is 8.83. The molecule has 2 rings (SSSR count). The van der Waals surface area contributed by atoms with Crippen molar-refractivity contribution in [2.75, 3.05) is 5.73 Å². The summed E-state index contributed by atoms with van der Waals surface area (Å²) < 4.78 is 26.7. The van der Waals surface area contributed by atoms with E-state index in [1.165, 1.54) is 0 Å². The van der Waals surface area contributed by atoms with E-state index >= 15 is 0 Å². The highest BCUT2D eigenvalue weighted by atomic mass is 79.9. The quantitative estimate of drug-likeness (QED) is 0.744. The van der Waals surface area contributed by atoms with Crippen LogP contribution in [-0.2, 0) is 0 Å². The number of nitrogen functional groups attached to an aromatic ring is 1. The monoisotopic (exact) mass is 264 g/mol. The van der Waals surface area contributed by atoms with Crippen LogP contribution in [0.2, 0.25) is 0 Å². The highest BCUT2D eigenvalue weighted by molar-refractivity contribution is 9.10. The van der Waals surface area contributed by atoms with E-state index in [1.807, 2.05) is 0 Å². The van der Waals surface area contributed by atoms with Gasteiger partial charge in [-0.1, -0.05) is 11.3 Å². The van der Waals surface area contributed by atoms with Crippen molar-refractivity contribution in [1.29, 1.82) is 0 Å². The number of rotatable bonds is 0. The van der Waals surface area contributed by atoms with Crippen molar-refractivity contribution in [2.24, 2.45) is 0 Å². The maximum Gasteiger partial charge on any atom is 0.181 e. The molecule has 2 aromatic rings. The second-order valence-corrected chi connectivity index (χ2v) is 4.27. The summed E-state index contributed by atoms with van der Waals surface area (Å²) in [7, 11) is 0. The molecule has 0 bridgehead atoms. The van der Waals surface area contributed by atoms with Gasteiger partial charge in [-0.2, -0.15) is 0 Å². The van der Waals surface area contributed by atoms with E-state index in [1.54, 1.807) is 0 Å². The van der Waals surface area contributed by atoms with E-state index in [-0.39, 0.29) is 19.8 Å². The molecule has 0 aliphatic heterocycles. The second-order valence-electron chi connectivity index (χ2n) is 2.38. The van der Waals surface area contributed by atoms with Crippen LogP contribution in [0.5, 0.6) is 0 Å². The largest absolute Gasteiger partial charge is 0.375 e. The number of fused-ring (bicyclic) bond motifs is 1. The lowest BCUT2D eigenvalue weighted by Crippen LogP contribution is -1.84. The lowest BCUT2D eigenvalue weighted by atomic mass is 10.3. The van der Waals surface area contributed by atoms with Gasteiger partial charge in [0.05, 0.1) is 9.17 Å². The predicted octanol–water partition coefficient (Wildman–Crippen LogP) is 2.92. The fourth-order valence-electron chi connectivity index (χ4n) is 0.999. The Labute approximate surface area is 84.5 Å². The Kier molecular flexibility index (Phi) is 1.96. The van der Waals surface area contributed by atoms with Gasteiger partial charge in [0.25, 0.3) is 0 Å². The Balaban J connectivity index is 2.95. The second kappa shape index (κ2) is 2.88. The molecule has 0 radical (unpaired) electrons. The average molecular weight is 265 g/mol. The standard InChI is InChI=1S/C7H3BrF2N2S/c8-2-1-3(9)5-6(4(2)10)13-7(11)12-5/h1H,(H2,11,12). The zero-order chi connectivity index (χ0) is 9.59. The number of nitrogens with zero attached hydrogens (tertiary/aromatic N) is 1. The number of aromatic nitrogens is 1. The van der Waals surface area contributed by atoms with Crippen molar-refractivity contribution < 1.29 is 8.78 Å². The number of hydrogen-bond acceptors (Lipinski definition) is 3. The lowest BCUT2D eigenvalue weighted by molar-refractivity contribution is 0.612. The Morgan fingerprint density at radius 1 is 1.46 bits per heavy atom. The lowest BCUT2D eigenvalue weighted by Gasteiger charge is -1.95. The van der Waals surface area contributed by atoms with Crippen LogP contribution in [0.1, 0.15) is 0 Å². The molecule has 0 saturated carbocycles. The van der Waals surface area contributed by atoms with Crippen molar-refractivity contribution >= 4 is 42.6 Å². The summed E-state index contributed by atoms with van der Waals surface area (Å²) in [6.45, 7) is 0. The predicted molar refractivity (Wildman–Crippen MR) is 51.6 cm³/mol. The van der Waals surface area contributed by atoms with E-state index in [4.69, 9.17) is 5.73 Å². The maximum absolute atomic E-state index is 13.3. The number of hydrogen-bond donors (Lipinski definition) is 1. The number of nitrogens with two attached hydrogens (primary N) is 1. The Morgan fingerprint density at radius 2 is 2.15 bits per heavy atom. The minimum Gasteiger partial charge on any atom is -0.375 e. The van der Waals surface area contributed by atoms with E-state index in [0.29, 0.717) is 0 Å². The Bertz CT molecular complexity index is 483. The zero-order valence-corrected chi connectivity index (χ0v) is 8.55. The third kappa shape index (κ3) is 1.30. The van der Waals surface area contributed by atoms with Gasteiger partial charge in [-0.3, -0.25) is 0 Å². The van der Waals surface area contributed by atoms with Gasteiger partial charge in [0.15, 0.2) is 16.8 Å². The minimum absolute atomic E-state index is 0.0109. The van der Waals surface area contributed by atoms with Crippen molar-refractivity contribution in [3.63, 3.8) is 0 Å². The molecule has 0 fully saturated rings. The fourth-order valence-corrected chi connectivity index (χ4v) is 2.31. The van der Waals surface area contributed by atoms with E-state index in [2.05, 4.69) is 20.9 Å². The third-order valence-electron chi connectivity index (χ3n) is 1.53. The minimum atomic E-state index is -0.573. The molecule has 0 unspecified atom stereocenters. The molecule has 68 valence electrons. The van der Waals surface area contributed by atoms with Crippen LogP contribution in [0.4, 0.5) is 13.9 Å². The molecule has 2 N–H and O–H groups in total. The molecule has 1 heterocycles. The molecule has 1 aromatic heterocycles. The maximum atomic E-state index is 13.3. The van der Waals surface area contributed by atoms with Crippen LogP contribution in [0.15, 0.2) is 10.5 Å². The van der Waals surface area contributed by atoms with Crippen LogP contribution >= 0.6 is 27.3 Å². The van der Waals surface area contributed by atoms with Gasteiger partial charge >= 0.3 is 0 Å². The number of anilines is 1. The molecule has 1 aromatic carbocycles. The van der Waals surface area contributed by atoms with Crippen molar-refractivity contribution in [1.82, 2.24) is 4.98 Å². The molecular weight excluding hydrogens is 262 g/mol. The molecule has 2 nitrogen and oxygen atoms in total. The van der Waals surface area contributed by atoms with Crippen LogP contribution < -0.4 is 5.73 Å². The van der Waals surface area contributed by atoms with Gasteiger partial charge in [-0.05, 0) is 22.0 Å². The van der Waals surface area contributed by atoms with Gasteiger partial charge in [0, 0.05) is 0 Å². The summed E-state index contributed by atoms with van der Waals surface area (Å²) >= 11 is 3.83. The molecule has 0 amide bonds. The topological polar surface area (TPSA) is 38.9 Å². The van der Waals surface area contributed by atoms with E-state index in [9.17, 15) is 8.78 Å². The third-order valence-corrected chi connectivity index (χ3v) is 2.99. The molecule has 0 atom stereocenters. The van der Waals surface area contributed by atoms with E-state index < -0.39 is 11.6 Å². The molecule has 0 saturated heterocycles. The first-order valence-electron chi connectivity index (χ1n) is 3.29. The molecule has 13 heavy (non-hydrogen) atoms.